The molecule has 4 nitrogen and oxygen atoms in total. The normalized spacial score (nSPS) is 19.9. The molecule has 0 aliphatic carbocycles. The zero-order chi connectivity index (χ0) is 14.0. The molecule has 0 aromatic carbocycles. The maximum atomic E-state index is 4.30. The second-order valence-electron chi connectivity index (χ2n) is 4.56. The highest BCUT2D eigenvalue weighted by molar-refractivity contribution is 8.01. The molecule has 0 spiro atoms. The minimum atomic E-state index is 0.574. The van der Waals surface area contributed by atoms with Gasteiger partial charge in [0.2, 0.25) is 0 Å². The fourth-order valence-electron chi connectivity index (χ4n) is 1.96. The Hall–Kier alpha value is -0.400. The first-order chi connectivity index (χ1) is 9.88. The summed E-state index contributed by atoms with van der Waals surface area (Å²) in [7, 11) is 1.84. The standard InChI is InChI=1S/C13H22N4S3/c1-14-12(17-11-4-2-7-18-10-11)15-5-3-8-19-13-16-6-9-20-13/h6,9,11H,2-5,7-8,10H2,1H3,(H2,14,15,17). The monoisotopic (exact) mass is 330 g/mol. The Morgan fingerprint density at radius 2 is 2.55 bits per heavy atom. The predicted molar refractivity (Wildman–Crippen MR) is 92.3 cm³/mol. The van der Waals surface area contributed by atoms with Crippen molar-refractivity contribution in [3.63, 3.8) is 0 Å². The summed E-state index contributed by atoms with van der Waals surface area (Å²) in [5.41, 5.74) is 0. The highest BCUT2D eigenvalue weighted by Gasteiger charge is 2.14. The van der Waals surface area contributed by atoms with Crippen LogP contribution in [0.2, 0.25) is 0 Å². The number of nitrogens with one attached hydrogen (secondary N) is 2. The van der Waals surface area contributed by atoms with Crippen LogP contribution in [0.25, 0.3) is 0 Å². The largest absolute Gasteiger partial charge is 0.356 e. The van der Waals surface area contributed by atoms with E-state index in [1.165, 1.54) is 24.3 Å². The van der Waals surface area contributed by atoms with E-state index in [9.17, 15) is 0 Å². The van der Waals surface area contributed by atoms with E-state index in [4.69, 9.17) is 0 Å². The summed E-state index contributed by atoms with van der Waals surface area (Å²) < 4.78 is 1.16. The molecule has 1 unspecified atom stereocenters. The molecular formula is C13H22N4S3. The second-order valence-corrected chi connectivity index (χ2v) is 7.94. The Bertz CT molecular complexity index is 388. The molecule has 1 aromatic rings. The molecule has 1 fully saturated rings. The lowest BCUT2D eigenvalue weighted by Crippen LogP contribution is -2.45. The molecule has 112 valence electrons. The average Bonchev–Trinajstić information content (AvgIpc) is 3.00. The van der Waals surface area contributed by atoms with E-state index in [1.54, 1.807) is 11.3 Å². The van der Waals surface area contributed by atoms with Gasteiger partial charge in [-0.3, -0.25) is 4.99 Å². The Kier molecular flexibility index (Phi) is 7.61. The third kappa shape index (κ3) is 5.93. The molecule has 2 heterocycles. The average molecular weight is 331 g/mol. The van der Waals surface area contributed by atoms with Gasteiger partial charge in [-0.1, -0.05) is 11.8 Å². The van der Waals surface area contributed by atoms with E-state index in [1.807, 2.05) is 42.1 Å². The lowest BCUT2D eigenvalue weighted by Gasteiger charge is -2.24. The third-order valence-corrected chi connectivity index (χ3v) is 6.24. The third-order valence-electron chi connectivity index (χ3n) is 2.97. The number of rotatable bonds is 6. The minimum Gasteiger partial charge on any atom is -0.356 e. The van der Waals surface area contributed by atoms with E-state index >= 15 is 0 Å². The summed E-state index contributed by atoms with van der Waals surface area (Å²) in [4.78, 5) is 8.56. The molecule has 1 aromatic heterocycles. The maximum Gasteiger partial charge on any atom is 0.191 e. The molecule has 20 heavy (non-hydrogen) atoms. The van der Waals surface area contributed by atoms with Gasteiger partial charge >= 0.3 is 0 Å². The van der Waals surface area contributed by atoms with Crippen molar-refractivity contribution in [1.82, 2.24) is 15.6 Å². The van der Waals surface area contributed by atoms with Gasteiger partial charge < -0.3 is 10.6 Å². The lowest BCUT2D eigenvalue weighted by molar-refractivity contribution is 0.582. The Morgan fingerprint density at radius 1 is 1.60 bits per heavy atom. The molecule has 0 amide bonds. The van der Waals surface area contributed by atoms with Crippen LogP contribution in [0.4, 0.5) is 0 Å². The summed E-state index contributed by atoms with van der Waals surface area (Å²) in [5, 5.41) is 8.93. The van der Waals surface area contributed by atoms with Crippen LogP contribution in [-0.4, -0.2) is 47.8 Å². The zero-order valence-corrected chi connectivity index (χ0v) is 14.3. The molecule has 0 saturated carbocycles. The predicted octanol–water partition coefficient (Wildman–Crippen LogP) is 2.69. The van der Waals surface area contributed by atoms with Crippen LogP contribution in [0.1, 0.15) is 19.3 Å². The molecular weight excluding hydrogens is 308 g/mol. The highest BCUT2D eigenvalue weighted by atomic mass is 32.2. The second kappa shape index (κ2) is 9.52. The SMILES string of the molecule is CN=C(NCCCSc1nccs1)NC1CCCSC1. The van der Waals surface area contributed by atoms with Crippen molar-refractivity contribution in [3.05, 3.63) is 11.6 Å². The number of thioether (sulfide) groups is 2. The van der Waals surface area contributed by atoms with E-state index in [0.29, 0.717) is 6.04 Å². The van der Waals surface area contributed by atoms with Crippen LogP contribution in [0.3, 0.4) is 0 Å². The zero-order valence-electron chi connectivity index (χ0n) is 11.8. The lowest BCUT2D eigenvalue weighted by atomic mass is 10.2. The van der Waals surface area contributed by atoms with E-state index in [2.05, 4.69) is 20.6 Å². The number of aliphatic imine (C=N–C) groups is 1. The van der Waals surface area contributed by atoms with Crippen molar-refractivity contribution >= 4 is 40.8 Å². The summed E-state index contributed by atoms with van der Waals surface area (Å²) in [5.74, 6) is 4.53. The van der Waals surface area contributed by atoms with Crippen molar-refractivity contribution in [2.75, 3.05) is 30.9 Å². The smallest absolute Gasteiger partial charge is 0.191 e. The van der Waals surface area contributed by atoms with Crippen molar-refractivity contribution in [2.24, 2.45) is 4.99 Å². The Morgan fingerprint density at radius 3 is 3.25 bits per heavy atom. The van der Waals surface area contributed by atoms with Crippen molar-refractivity contribution in [1.29, 1.82) is 0 Å². The first-order valence-electron chi connectivity index (χ1n) is 6.95. The minimum absolute atomic E-state index is 0.574. The molecule has 7 heteroatoms. The van der Waals surface area contributed by atoms with Gasteiger partial charge in [0.05, 0.1) is 0 Å². The highest BCUT2D eigenvalue weighted by Crippen LogP contribution is 2.20. The first kappa shape index (κ1) is 16.0. The van der Waals surface area contributed by atoms with Crippen LogP contribution in [0.5, 0.6) is 0 Å². The van der Waals surface area contributed by atoms with Crippen molar-refractivity contribution in [2.45, 2.75) is 29.6 Å². The Balaban J connectivity index is 1.56. The molecule has 1 aliphatic heterocycles. The first-order valence-corrected chi connectivity index (χ1v) is 9.97. The summed E-state index contributed by atoms with van der Waals surface area (Å²) in [6, 6.07) is 0.574. The number of thiazole rings is 1. The quantitative estimate of drug-likeness (QED) is 0.363. The fraction of sp³-hybridized carbons (Fsp3) is 0.692. The maximum absolute atomic E-state index is 4.30. The summed E-state index contributed by atoms with van der Waals surface area (Å²) in [6.45, 7) is 0.956. The number of hydrogen-bond acceptors (Lipinski definition) is 5. The molecule has 1 atom stereocenters. The van der Waals surface area contributed by atoms with E-state index in [0.717, 1.165) is 29.0 Å². The van der Waals surface area contributed by atoms with Crippen LogP contribution in [0.15, 0.2) is 20.9 Å². The van der Waals surface area contributed by atoms with Crippen LogP contribution in [-0.2, 0) is 0 Å². The topological polar surface area (TPSA) is 49.3 Å². The molecule has 1 aliphatic rings. The van der Waals surface area contributed by atoms with Gasteiger partial charge in [0.15, 0.2) is 5.96 Å². The van der Waals surface area contributed by atoms with Crippen LogP contribution < -0.4 is 10.6 Å². The number of hydrogen-bond donors (Lipinski definition) is 2. The van der Waals surface area contributed by atoms with Crippen molar-refractivity contribution in [3.8, 4) is 0 Å². The van der Waals surface area contributed by atoms with Gasteiger partial charge in [-0.25, -0.2) is 4.98 Å². The van der Waals surface area contributed by atoms with E-state index < -0.39 is 0 Å². The van der Waals surface area contributed by atoms with Crippen molar-refractivity contribution < 1.29 is 0 Å². The number of guanidine groups is 1. The van der Waals surface area contributed by atoms with Gasteiger partial charge in [0.25, 0.3) is 0 Å². The molecule has 1 saturated heterocycles. The van der Waals surface area contributed by atoms with Crippen LogP contribution in [0, 0.1) is 0 Å². The van der Waals surface area contributed by atoms with Gasteiger partial charge in [-0.05, 0) is 25.0 Å². The van der Waals surface area contributed by atoms with E-state index in [-0.39, 0.29) is 0 Å². The molecule has 0 radical (unpaired) electrons. The van der Waals surface area contributed by atoms with Gasteiger partial charge in [-0.2, -0.15) is 11.8 Å². The fourth-order valence-corrected chi connectivity index (χ4v) is 4.68. The summed E-state index contributed by atoms with van der Waals surface area (Å²) in [6.07, 6.45) is 5.54. The molecule has 2 rings (SSSR count). The van der Waals surface area contributed by atoms with Gasteiger partial charge in [-0.15, -0.1) is 11.3 Å². The van der Waals surface area contributed by atoms with Gasteiger partial charge in [0.1, 0.15) is 4.34 Å². The Labute approximate surface area is 133 Å². The molecule has 0 bridgehead atoms. The van der Waals surface area contributed by atoms with Crippen LogP contribution >= 0.6 is 34.9 Å². The number of aromatic nitrogens is 1. The summed E-state index contributed by atoms with van der Waals surface area (Å²) >= 11 is 5.57. The number of nitrogens with zero attached hydrogens (tertiary/aromatic N) is 2. The molecule has 2 N–H and O–H groups in total. The van der Waals surface area contributed by atoms with Gasteiger partial charge in [0, 0.05) is 42.7 Å².